The Kier molecular flexibility index (Phi) is 4.16. The highest BCUT2D eigenvalue weighted by atomic mass is 16.6. The van der Waals surface area contributed by atoms with Crippen molar-refractivity contribution in [2.24, 2.45) is 34.8 Å². The maximum absolute atomic E-state index is 11.4. The van der Waals surface area contributed by atoms with Gasteiger partial charge in [-0.15, -0.1) is 0 Å². The number of fused-ring (bicyclic) bond motifs is 3. The van der Waals surface area contributed by atoms with Crippen LogP contribution in [-0.4, -0.2) is 34.1 Å². The van der Waals surface area contributed by atoms with Crippen molar-refractivity contribution >= 4 is 6.09 Å². The van der Waals surface area contributed by atoms with E-state index in [0.29, 0.717) is 18.3 Å². The van der Waals surface area contributed by atoms with E-state index in [-0.39, 0.29) is 29.5 Å². The highest BCUT2D eigenvalue weighted by molar-refractivity contribution is 5.64. The van der Waals surface area contributed by atoms with Gasteiger partial charge in [0.1, 0.15) is 6.10 Å². The number of primary amides is 1. The highest BCUT2D eigenvalue weighted by Crippen LogP contribution is 2.61. The van der Waals surface area contributed by atoms with E-state index in [1.807, 2.05) is 6.92 Å². The van der Waals surface area contributed by atoms with Gasteiger partial charge in [0.25, 0.3) is 0 Å². The molecule has 132 valence electrons. The second-order valence-electron chi connectivity index (χ2n) is 8.71. The molecule has 3 aliphatic rings. The zero-order valence-electron chi connectivity index (χ0n) is 14.5. The average molecular weight is 325 g/mol. The second-order valence-corrected chi connectivity index (χ2v) is 8.71. The number of hydrogen-bond acceptors (Lipinski definition) is 4. The van der Waals surface area contributed by atoms with Crippen LogP contribution < -0.4 is 5.73 Å². The third-order valence-corrected chi connectivity index (χ3v) is 7.56. The minimum absolute atomic E-state index is 0.0486. The number of aliphatic hydroxyl groups is 2. The van der Waals surface area contributed by atoms with Gasteiger partial charge in [-0.25, -0.2) is 4.79 Å². The van der Waals surface area contributed by atoms with Gasteiger partial charge >= 0.3 is 6.09 Å². The zero-order valence-corrected chi connectivity index (χ0v) is 14.5. The molecule has 3 aliphatic carbocycles. The molecule has 0 bridgehead atoms. The second kappa shape index (κ2) is 5.62. The number of rotatable bonds is 1. The Morgan fingerprint density at radius 1 is 1.17 bits per heavy atom. The summed E-state index contributed by atoms with van der Waals surface area (Å²) in [5, 5.41) is 20.8. The summed E-state index contributed by atoms with van der Waals surface area (Å²) in [5.41, 5.74) is 4.70. The van der Waals surface area contributed by atoms with E-state index in [9.17, 15) is 15.0 Å². The third kappa shape index (κ3) is 2.76. The number of ether oxygens (including phenoxy) is 1. The summed E-state index contributed by atoms with van der Waals surface area (Å²) >= 11 is 0. The number of hydrogen-bond donors (Lipinski definition) is 3. The van der Waals surface area contributed by atoms with E-state index in [1.54, 1.807) is 0 Å². The van der Waals surface area contributed by atoms with Crippen molar-refractivity contribution in [1.82, 2.24) is 0 Å². The van der Waals surface area contributed by atoms with Crippen molar-refractivity contribution in [1.29, 1.82) is 0 Å². The molecule has 1 amide bonds. The molecular weight excluding hydrogens is 294 g/mol. The van der Waals surface area contributed by atoms with Gasteiger partial charge in [-0.05, 0) is 68.6 Å². The summed E-state index contributed by atoms with van der Waals surface area (Å²) in [6, 6.07) is 0. The standard InChI is InChI=1S/C18H31NO4/c1-10-12-9-15(23-16(19)21)14-8-11(20)4-6-17(14,2)13(12)5-7-18(10,3)22/h10-15,20,22H,4-9H2,1-3H3,(H2,19,21). The maximum atomic E-state index is 11.4. The fraction of sp³-hybridized carbons (Fsp3) is 0.944. The molecule has 3 saturated carbocycles. The smallest absolute Gasteiger partial charge is 0.404 e. The van der Waals surface area contributed by atoms with Crippen LogP contribution in [0.25, 0.3) is 0 Å². The van der Waals surface area contributed by atoms with Crippen LogP contribution in [0.2, 0.25) is 0 Å². The molecule has 0 radical (unpaired) electrons. The molecule has 5 heteroatoms. The number of carbonyl (C=O) groups is 1. The van der Waals surface area contributed by atoms with Gasteiger partial charge < -0.3 is 20.7 Å². The Morgan fingerprint density at radius 3 is 2.52 bits per heavy atom. The lowest BCUT2D eigenvalue weighted by Gasteiger charge is -2.61. The molecule has 0 spiro atoms. The lowest BCUT2D eigenvalue weighted by atomic mass is 9.46. The monoisotopic (exact) mass is 325 g/mol. The molecular formula is C18H31NO4. The Bertz CT molecular complexity index is 480. The molecule has 8 unspecified atom stereocenters. The predicted molar refractivity (Wildman–Crippen MR) is 86.5 cm³/mol. The van der Waals surface area contributed by atoms with Crippen molar-refractivity contribution in [3.63, 3.8) is 0 Å². The van der Waals surface area contributed by atoms with Crippen LogP contribution in [0.3, 0.4) is 0 Å². The fourth-order valence-electron chi connectivity index (χ4n) is 5.98. The molecule has 3 rings (SSSR count). The molecule has 8 atom stereocenters. The van der Waals surface area contributed by atoms with Crippen LogP contribution in [0.15, 0.2) is 0 Å². The molecule has 0 aromatic heterocycles. The van der Waals surface area contributed by atoms with Gasteiger partial charge in [-0.1, -0.05) is 13.8 Å². The van der Waals surface area contributed by atoms with Crippen LogP contribution >= 0.6 is 0 Å². The van der Waals surface area contributed by atoms with Gasteiger partial charge in [-0.3, -0.25) is 0 Å². The number of aliphatic hydroxyl groups excluding tert-OH is 1. The summed E-state index contributed by atoms with van der Waals surface area (Å²) in [6.45, 7) is 6.35. The topological polar surface area (TPSA) is 92.8 Å². The molecule has 23 heavy (non-hydrogen) atoms. The normalized spacial score (nSPS) is 53.1. The number of amides is 1. The van der Waals surface area contributed by atoms with Crippen LogP contribution in [-0.2, 0) is 4.74 Å². The number of carbonyl (C=O) groups excluding carboxylic acids is 1. The minimum Gasteiger partial charge on any atom is -0.446 e. The van der Waals surface area contributed by atoms with Crippen molar-refractivity contribution in [3.05, 3.63) is 0 Å². The Labute approximate surface area is 138 Å². The van der Waals surface area contributed by atoms with E-state index in [0.717, 1.165) is 32.1 Å². The van der Waals surface area contributed by atoms with Gasteiger partial charge in [0.15, 0.2) is 0 Å². The molecule has 0 aromatic carbocycles. The van der Waals surface area contributed by atoms with Crippen molar-refractivity contribution < 1.29 is 19.7 Å². The summed E-state index contributed by atoms with van der Waals surface area (Å²) in [5.74, 6) is 1.18. The first-order valence-electron chi connectivity index (χ1n) is 9.01. The Morgan fingerprint density at radius 2 is 1.87 bits per heavy atom. The van der Waals surface area contributed by atoms with Gasteiger partial charge in [0.2, 0.25) is 0 Å². The fourth-order valence-corrected chi connectivity index (χ4v) is 5.98. The van der Waals surface area contributed by atoms with E-state index in [2.05, 4.69) is 13.8 Å². The lowest BCUT2D eigenvalue weighted by Crippen LogP contribution is -2.60. The molecule has 0 saturated heterocycles. The number of nitrogens with two attached hydrogens (primary N) is 1. The first-order valence-corrected chi connectivity index (χ1v) is 9.01. The Balaban J connectivity index is 1.94. The van der Waals surface area contributed by atoms with Gasteiger partial charge in [0.05, 0.1) is 11.7 Å². The summed E-state index contributed by atoms with van der Waals surface area (Å²) in [6.07, 6.45) is 3.73. The summed E-state index contributed by atoms with van der Waals surface area (Å²) in [4.78, 5) is 11.4. The van der Waals surface area contributed by atoms with Crippen molar-refractivity contribution in [2.75, 3.05) is 0 Å². The van der Waals surface area contributed by atoms with Crippen molar-refractivity contribution in [2.45, 2.75) is 77.1 Å². The van der Waals surface area contributed by atoms with Crippen LogP contribution in [0.4, 0.5) is 4.79 Å². The van der Waals surface area contributed by atoms with E-state index in [1.165, 1.54) is 0 Å². The average Bonchev–Trinajstić information content (AvgIpc) is 2.44. The van der Waals surface area contributed by atoms with Gasteiger partial charge in [-0.2, -0.15) is 0 Å². The van der Waals surface area contributed by atoms with Crippen molar-refractivity contribution in [3.8, 4) is 0 Å². The lowest BCUT2D eigenvalue weighted by molar-refractivity contribution is -0.184. The summed E-state index contributed by atoms with van der Waals surface area (Å²) < 4.78 is 5.49. The van der Waals surface area contributed by atoms with Crippen LogP contribution in [0, 0.1) is 29.1 Å². The van der Waals surface area contributed by atoms with E-state index in [4.69, 9.17) is 10.5 Å². The molecule has 5 nitrogen and oxygen atoms in total. The quantitative estimate of drug-likeness (QED) is 0.690. The minimum atomic E-state index is -0.730. The van der Waals surface area contributed by atoms with E-state index >= 15 is 0 Å². The van der Waals surface area contributed by atoms with Gasteiger partial charge in [0, 0.05) is 5.92 Å². The highest BCUT2D eigenvalue weighted by Gasteiger charge is 2.59. The molecule has 0 heterocycles. The third-order valence-electron chi connectivity index (χ3n) is 7.56. The SMILES string of the molecule is CC1C2CC(OC(N)=O)C3CC(O)CCC3(C)C2CCC1(C)O. The first-order chi connectivity index (χ1) is 10.6. The molecule has 0 aliphatic heterocycles. The maximum Gasteiger partial charge on any atom is 0.404 e. The van der Waals surface area contributed by atoms with Crippen LogP contribution in [0.5, 0.6) is 0 Å². The molecule has 0 aromatic rings. The molecule has 3 fully saturated rings. The first kappa shape index (κ1) is 17.0. The Hall–Kier alpha value is -0.810. The largest absolute Gasteiger partial charge is 0.446 e. The van der Waals surface area contributed by atoms with E-state index < -0.39 is 11.7 Å². The predicted octanol–water partition coefficient (Wildman–Crippen LogP) is 2.43. The van der Waals surface area contributed by atoms with Crippen LogP contribution in [0.1, 0.15) is 59.3 Å². The summed E-state index contributed by atoms with van der Waals surface area (Å²) in [7, 11) is 0. The zero-order chi connectivity index (χ0) is 17.0. The molecule has 4 N–H and O–H groups in total.